The number of fused-ring (bicyclic) bond motifs is 6. The Balaban J connectivity index is 0.000000132. The molecule has 0 radical (unpaired) electrons. The number of rotatable bonds is 0. The van der Waals surface area contributed by atoms with Crippen molar-refractivity contribution in [1.82, 2.24) is 0 Å². The molecule has 0 amide bonds. The van der Waals surface area contributed by atoms with Crippen LogP contribution in [0, 0.1) is 0 Å². The molecule has 0 nitrogen and oxygen atoms in total. The zero-order valence-electron chi connectivity index (χ0n) is 21.1. The summed E-state index contributed by atoms with van der Waals surface area (Å²) in [5, 5.41) is 15.8. The molecule has 0 aliphatic rings. The summed E-state index contributed by atoms with van der Waals surface area (Å²) in [6.07, 6.45) is 0. The summed E-state index contributed by atoms with van der Waals surface area (Å²) < 4.78 is 0. The minimum Gasteiger partial charge on any atom is -0.0830 e. The van der Waals surface area contributed by atoms with E-state index in [2.05, 4.69) is 48.5 Å². The van der Waals surface area contributed by atoms with Gasteiger partial charge in [-0.3, -0.25) is 0 Å². The van der Waals surface area contributed by atoms with Crippen LogP contribution >= 0.6 is 46.4 Å². The maximum Gasteiger partial charge on any atom is 0.0563 e. The van der Waals surface area contributed by atoms with Gasteiger partial charge in [-0.05, 0) is 45.8 Å². The van der Waals surface area contributed by atoms with E-state index < -0.39 is 0 Å². The third kappa shape index (κ3) is 4.15. The lowest BCUT2D eigenvalue weighted by atomic mass is 9.99. The van der Waals surface area contributed by atoms with E-state index in [-0.39, 0.29) is 0 Å². The molecule has 0 unspecified atom stereocenters. The maximum absolute atomic E-state index is 6.59. The summed E-state index contributed by atoms with van der Waals surface area (Å²) in [7, 11) is 0. The van der Waals surface area contributed by atoms with E-state index in [0.29, 0.717) is 0 Å². The van der Waals surface area contributed by atoms with Crippen molar-refractivity contribution in [2.75, 3.05) is 0 Å². The molecular formula is C36H20Cl4. The minimum atomic E-state index is 0.769. The Morgan fingerprint density at radius 2 is 0.450 bits per heavy atom. The molecule has 0 aromatic heterocycles. The summed E-state index contributed by atoms with van der Waals surface area (Å²) in [5.41, 5.74) is 0. The SMILES string of the molecule is Clc1c2ccccc2cc2c(Cl)c3ccccc3cc12.Clc1c2ccccc2cc2c(Cl)c3ccccc3cc12. The van der Waals surface area contributed by atoms with E-state index >= 15 is 0 Å². The van der Waals surface area contributed by atoms with Gasteiger partial charge < -0.3 is 0 Å². The van der Waals surface area contributed by atoms with Gasteiger partial charge in [-0.15, -0.1) is 0 Å². The molecule has 40 heavy (non-hydrogen) atoms. The fraction of sp³-hybridized carbons (Fsp3) is 0. The Labute approximate surface area is 251 Å². The summed E-state index contributed by atoms with van der Waals surface area (Å²) in [5.74, 6) is 0. The molecule has 8 aromatic rings. The number of benzene rings is 8. The molecule has 0 saturated carbocycles. The smallest absolute Gasteiger partial charge is 0.0563 e. The molecule has 8 aromatic carbocycles. The molecule has 192 valence electrons. The van der Waals surface area contributed by atoms with Crippen LogP contribution in [0.5, 0.6) is 0 Å². The molecule has 0 bridgehead atoms. The molecular weight excluding hydrogens is 574 g/mol. The lowest BCUT2D eigenvalue weighted by Gasteiger charge is -2.10. The van der Waals surface area contributed by atoms with E-state index in [9.17, 15) is 0 Å². The number of hydrogen-bond donors (Lipinski definition) is 0. The second-order valence-corrected chi connectivity index (χ2v) is 11.3. The molecule has 0 aliphatic carbocycles. The van der Waals surface area contributed by atoms with Gasteiger partial charge >= 0.3 is 0 Å². The second-order valence-electron chi connectivity index (χ2n) is 9.84. The van der Waals surface area contributed by atoms with E-state index in [1.165, 1.54) is 0 Å². The molecule has 0 fully saturated rings. The number of hydrogen-bond acceptors (Lipinski definition) is 0. The molecule has 0 N–H and O–H groups in total. The zero-order chi connectivity index (χ0) is 27.4. The zero-order valence-corrected chi connectivity index (χ0v) is 24.1. The Kier molecular flexibility index (Phi) is 6.45. The van der Waals surface area contributed by atoms with Crippen LogP contribution in [0.1, 0.15) is 0 Å². The summed E-state index contributed by atoms with van der Waals surface area (Å²) in [6, 6.07) is 40.9. The van der Waals surface area contributed by atoms with Crippen LogP contribution in [0.2, 0.25) is 20.1 Å². The van der Waals surface area contributed by atoms with Crippen molar-refractivity contribution in [2.24, 2.45) is 0 Å². The second kappa shape index (κ2) is 10.1. The van der Waals surface area contributed by atoms with Crippen LogP contribution < -0.4 is 0 Å². The first-order valence-electron chi connectivity index (χ1n) is 12.9. The van der Waals surface area contributed by atoms with Crippen molar-refractivity contribution in [3.8, 4) is 0 Å². The van der Waals surface area contributed by atoms with Crippen molar-refractivity contribution in [1.29, 1.82) is 0 Å². The molecule has 0 heterocycles. The minimum absolute atomic E-state index is 0.769. The highest BCUT2D eigenvalue weighted by atomic mass is 35.5. The molecule has 8 rings (SSSR count). The van der Waals surface area contributed by atoms with Gasteiger partial charge in [0.05, 0.1) is 20.1 Å². The first-order valence-corrected chi connectivity index (χ1v) is 14.4. The Bertz CT molecular complexity index is 1940. The highest BCUT2D eigenvalue weighted by Gasteiger charge is 2.12. The van der Waals surface area contributed by atoms with Crippen molar-refractivity contribution in [3.63, 3.8) is 0 Å². The highest BCUT2D eigenvalue weighted by molar-refractivity contribution is 6.47. The van der Waals surface area contributed by atoms with Gasteiger partial charge in [-0.25, -0.2) is 0 Å². The average Bonchev–Trinajstić information content (AvgIpc) is 2.99. The Morgan fingerprint density at radius 3 is 0.675 bits per heavy atom. The van der Waals surface area contributed by atoms with E-state index in [4.69, 9.17) is 46.4 Å². The Morgan fingerprint density at radius 1 is 0.250 bits per heavy atom. The van der Waals surface area contributed by atoms with E-state index in [0.717, 1.165) is 84.7 Å². The predicted octanol–water partition coefficient (Wildman–Crippen LogP) is 12.9. The fourth-order valence-electron chi connectivity index (χ4n) is 5.53. The normalized spacial score (nSPS) is 11.5. The van der Waals surface area contributed by atoms with Crippen molar-refractivity contribution >= 4 is 111 Å². The summed E-state index contributed by atoms with van der Waals surface area (Å²) in [4.78, 5) is 0. The largest absolute Gasteiger partial charge is 0.0830 e. The van der Waals surface area contributed by atoms with Crippen LogP contribution in [-0.2, 0) is 0 Å². The molecule has 0 saturated heterocycles. The van der Waals surface area contributed by atoms with Gasteiger partial charge in [0.15, 0.2) is 0 Å². The Hall–Kier alpha value is -3.52. The standard InChI is InChI=1S/2C18H10Cl2/c2*19-17-13-7-3-1-5-11(13)9-15-16(17)10-12-6-2-4-8-14(12)18(15)20/h2*1-10H. The average molecular weight is 594 g/mol. The molecule has 0 aliphatic heterocycles. The van der Waals surface area contributed by atoms with Gasteiger partial charge in [0, 0.05) is 43.1 Å². The predicted molar refractivity (Wildman–Crippen MR) is 178 cm³/mol. The number of halogens is 4. The highest BCUT2D eigenvalue weighted by Crippen LogP contribution is 2.41. The van der Waals surface area contributed by atoms with Gasteiger partial charge in [-0.2, -0.15) is 0 Å². The van der Waals surface area contributed by atoms with Crippen LogP contribution in [-0.4, -0.2) is 0 Å². The van der Waals surface area contributed by atoms with Crippen molar-refractivity contribution in [3.05, 3.63) is 141 Å². The van der Waals surface area contributed by atoms with Crippen LogP contribution in [0.4, 0.5) is 0 Å². The van der Waals surface area contributed by atoms with Gasteiger partial charge in [0.2, 0.25) is 0 Å². The fourth-order valence-corrected chi connectivity index (χ4v) is 6.84. The van der Waals surface area contributed by atoms with Crippen molar-refractivity contribution < 1.29 is 0 Å². The van der Waals surface area contributed by atoms with Crippen LogP contribution in [0.15, 0.2) is 121 Å². The quantitative estimate of drug-likeness (QED) is 0.153. The lowest BCUT2D eigenvalue weighted by molar-refractivity contribution is 1.77. The van der Waals surface area contributed by atoms with Gasteiger partial charge in [0.1, 0.15) is 0 Å². The van der Waals surface area contributed by atoms with Crippen molar-refractivity contribution in [2.45, 2.75) is 0 Å². The molecule has 0 spiro atoms. The third-order valence-corrected chi connectivity index (χ3v) is 9.14. The third-order valence-electron chi connectivity index (χ3n) is 7.51. The van der Waals surface area contributed by atoms with Gasteiger partial charge in [-0.1, -0.05) is 143 Å². The maximum atomic E-state index is 6.59. The monoisotopic (exact) mass is 592 g/mol. The lowest BCUT2D eigenvalue weighted by Crippen LogP contribution is -1.83. The van der Waals surface area contributed by atoms with E-state index in [1.807, 2.05) is 72.8 Å². The van der Waals surface area contributed by atoms with Crippen LogP contribution in [0.25, 0.3) is 64.6 Å². The summed E-state index contributed by atoms with van der Waals surface area (Å²) >= 11 is 26.4. The summed E-state index contributed by atoms with van der Waals surface area (Å²) in [6.45, 7) is 0. The molecule has 0 atom stereocenters. The first kappa shape index (κ1) is 25.4. The van der Waals surface area contributed by atoms with E-state index in [1.54, 1.807) is 0 Å². The first-order chi connectivity index (χ1) is 19.5. The topological polar surface area (TPSA) is 0 Å². The van der Waals surface area contributed by atoms with Crippen LogP contribution in [0.3, 0.4) is 0 Å². The molecule has 4 heteroatoms. The van der Waals surface area contributed by atoms with Gasteiger partial charge in [0.25, 0.3) is 0 Å².